The molecule has 2 heteroatoms. The Labute approximate surface area is 104 Å². The first-order chi connectivity index (χ1) is 8.16. The molecule has 1 fully saturated rings. The van der Waals surface area contributed by atoms with Crippen LogP contribution in [0.2, 0.25) is 0 Å². The first-order valence-electron chi connectivity index (χ1n) is 6.79. The van der Waals surface area contributed by atoms with Crippen molar-refractivity contribution in [2.45, 2.75) is 52.7 Å². The molecule has 0 bridgehead atoms. The summed E-state index contributed by atoms with van der Waals surface area (Å²) in [7, 11) is 0. The second-order valence-corrected chi connectivity index (χ2v) is 5.81. The molecule has 17 heavy (non-hydrogen) atoms. The van der Waals surface area contributed by atoms with Crippen LogP contribution in [0.25, 0.3) is 0 Å². The van der Waals surface area contributed by atoms with Crippen molar-refractivity contribution in [1.82, 2.24) is 0 Å². The van der Waals surface area contributed by atoms with Crippen LogP contribution in [0, 0.1) is 17.8 Å². The molecule has 3 unspecified atom stereocenters. The lowest BCUT2D eigenvalue weighted by Gasteiger charge is -2.37. The van der Waals surface area contributed by atoms with E-state index in [9.17, 15) is 0 Å². The molecule has 0 saturated heterocycles. The van der Waals surface area contributed by atoms with Gasteiger partial charge in [-0.05, 0) is 36.7 Å². The van der Waals surface area contributed by atoms with E-state index in [2.05, 4.69) is 20.8 Å². The lowest BCUT2D eigenvalue weighted by atomic mass is 9.75. The Morgan fingerprint density at radius 3 is 2.88 bits per heavy atom. The summed E-state index contributed by atoms with van der Waals surface area (Å²) in [5, 5.41) is 0. The van der Waals surface area contributed by atoms with E-state index in [0.29, 0.717) is 12.7 Å². The molecule has 0 aliphatic heterocycles. The fourth-order valence-corrected chi connectivity index (χ4v) is 2.88. The lowest BCUT2D eigenvalue weighted by molar-refractivity contribution is -0.0473. The van der Waals surface area contributed by atoms with Crippen molar-refractivity contribution in [3.63, 3.8) is 0 Å². The minimum absolute atomic E-state index is 0.425. The van der Waals surface area contributed by atoms with E-state index in [1.165, 1.54) is 19.3 Å². The molecule has 1 saturated carbocycles. The predicted molar refractivity (Wildman–Crippen MR) is 68.6 cm³/mol. The van der Waals surface area contributed by atoms with Crippen molar-refractivity contribution in [3.05, 3.63) is 24.2 Å². The molecule has 1 aliphatic carbocycles. The van der Waals surface area contributed by atoms with Crippen LogP contribution >= 0.6 is 0 Å². The van der Waals surface area contributed by atoms with Crippen LogP contribution in [0.3, 0.4) is 0 Å². The molecule has 1 aliphatic rings. The Bertz CT molecular complexity index is 316. The molecule has 0 spiro atoms. The van der Waals surface area contributed by atoms with E-state index in [1.54, 1.807) is 12.5 Å². The molecule has 1 heterocycles. The molecule has 0 radical (unpaired) electrons. The second kappa shape index (κ2) is 5.72. The fraction of sp³-hybridized carbons (Fsp3) is 0.733. The molecule has 2 nitrogen and oxygen atoms in total. The van der Waals surface area contributed by atoms with Crippen LogP contribution < -0.4 is 0 Å². The average Bonchev–Trinajstić information content (AvgIpc) is 2.78. The number of hydrogen-bond donors (Lipinski definition) is 0. The summed E-state index contributed by atoms with van der Waals surface area (Å²) in [6.45, 7) is 7.66. The fourth-order valence-electron chi connectivity index (χ4n) is 2.88. The topological polar surface area (TPSA) is 22.4 Å². The SMILES string of the molecule is CC1CCC(C(C)C)C(OCc2ccoc2)C1. The average molecular weight is 236 g/mol. The van der Waals surface area contributed by atoms with Crippen LogP contribution in [-0.2, 0) is 11.3 Å². The Morgan fingerprint density at radius 2 is 2.24 bits per heavy atom. The van der Waals surface area contributed by atoms with Gasteiger partial charge < -0.3 is 9.15 Å². The Morgan fingerprint density at radius 1 is 1.41 bits per heavy atom. The van der Waals surface area contributed by atoms with E-state index < -0.39 is 0 Å². The largest absolute Gasteiger partial charge is 0.472 e. The highest BCUT2D eigenvalue weighted by Gasteiger charge is 2.31. The first kappa shape index (κ1) is 12.7. The smallest absolute Gasteiger partial charge is 0.0957 e. The van der Waals surface area contributed by atoms with Gasteiger partial charge in [0.25, 0.3) is 0 Å². The van der Waals surface area contributed by atoms with Gasteiger partial charge in [-0.1, -0.05) is 27.2 Å². The minimum atomic E-state index is 0.425. The van der Waals surface area contributed by atoms with Gasteiger partial charge in [0.05, 0.1) is 25.2 Å². The molecule has 96 valence electrons. The van der Waals surface area contributed by atoms with Gasteiger partial charge in [0.15, 0.2) is 0 Å². The molecule has 0 N–H and O–H groups in total. The zero-order valence-corrected chi connectivity index (χ0v) is 11.2. The summed E-state index contributed by atoms with van der Waals surface area (Å²) in [5.41, 5.74) is 1.14. The highest BCUT2D eigenvalue weighted by atomic mass is 16.5. The third-order valence-electron chi connectivity index (χ3n) is 4.01. The Hall–Kier alpha value is -0.760. The maximum absolute atomic E-state index is 6.11. The first-order valence-corrected chi connectivity index (χ1v) is 6.79. The van der Waals surface area contributed by atoms with Gasteiger partial charge in [-0.3, -0.25) is 0 Å². The molecule has 3 atom stereocenters. The zero-order chi connectivity index (χ0) is 12.3. The van der Waals surface area contributed by atoms with Crippen LogP contribution in [0.4, 0.5) is 0 Å². The molecule has 1 aromatic rings. The highest BCUT2D eigenvalue weighted by Crippen LogP contribution is 2.35. The zero-order valence-electron chi connectivity index (χ0n) is 11.2. The minimum Gasteiger partial charge on any atom is -0.472 e. The number of rotatable bonds is 4. The lowest BCUT2D eigenvalue weighted by Crippen LogP contribution is -2.34. The van der Waals surface area contributed by atoms with Crippen molar-refractivity contribution in [3.8, 4) is 0 Å². The van der Waals surface area contributed by atoms with Crippen molar-refractivity contribution >= 4 is 0 Å². The number of ether oxygens (including phenoxy) is 1. The maximum Gasteiger partial charge on any atom is 0.0957 e. The summed E-state index contributed by atoms with van der Waals surface area (Å²) in [6.07, 6.45) is 7.79. The molecular weight excluding hydrogens is 212 g/mol. The molecular formula is C15H24O2. The second-order valence-electron chi connectivity index (χ2n) is 5.81. The van der Waals surface area contributed by atoms with Gasteiger partial charge in [0.1, 0.15) is 0 Å². The van der Waals surface area contributed by atoms with E-state index in [-0.39, 0.29) is 0 Å². The van der Waals surface area contributed by atoms with E-state index >= 15 is 0 Å². The van der Waals surface area contributed by atoms with E-state index in [0.717, 1.165) is 23.3 Å². The summed E-state index contributed by atoms with van der Waals surface area (Å²) in [5.74, 6) is 2.24. The van der Waals surface area contributed by atoms with Crippen molar-refractivity contribution in [1.29, 1.82) is 0 Å². The quantitative estimate of drug-likeness (QED) is 0.779. The van der Waals surface area contributed by atoms with Gasteiger partial charge in [0.2, 0.25) is 0 Å². The van der Waals surface area contributed by atoms with Crippen LogP contribution in [0.15, 0.2) is 23.0 Å². The van der Waals surface area contributed by atoms with E-state index in [1.807, 2.05) is 6.07 Å². The Kier molecular flexibility index (Phi) is 4.27. The summed E-state index contributed by atoms with van der Waals surface area (Å²) in [4.78, 5) is 0. The van der Waals surface area contributed by atoms with Crippen LogP contribution in [0.5, 0.6) is 0 Å². The van der Waals surface area contributed by atoms with Gasteiger partial charge >= 0.3 is 0 Å². The van der Waals surface area contributed by atoms with Crippen LogP contribution in [0.1, 0.15) is 45.6 Å². The molecule has 0 amide bonds. The molecule has 1 aromatic heterocycles. The highest BCUT2D eigenvalue weighted by molar-refractivity contribution is 5.03. The van der Waals surface area contributed by atoms with Crippen LogP contribution in [-0.4, -0.2) is 6.10 Å². The Balaban J connectivity index is 1.90. The van der Waals surface area contributed by atoms with E-state index in [4.69, 9.17) is 9.15 Å². The third-order valence-corrected chi connectivity index (χ3v) is 4.01. The van der Waals surface area contributed by atoms with Gasteiger partial charge in [-0.15, -0.1) is 0 Å². The monoisotopic (exact) mass is 236 g/mol. The molecule has 0 aromatic carbocycles. The molecule has 2 rings (SSSR count). The number of hydrogen-bond acceptors (Lipinski definition) is 2. The van der Waals surface area contributed by atoms with Crippen molar-refractivity contribution in [2.75, 3.05) is 0 Å². The third kappa shape index (κ3) is 3.35. The van der Waals surface area contributed by atoms with Gasteiger partial charge in [-0.2, -0.15) is 0 Å². The number of furan rings is 1. The summed E-state index contributed by atoms with van der Waals surface area (Å²) >= 11 is 0. The predicted octanol–water partition coefficient (Wildman–Crippen LogP) is 4.26. The summed E-state index contributed by atoms with van der Waals surface area (Å²) < 4.78 is 11.2. The van der Waals surface area contributed by atoms with Crippen molar-refractivity contribution in [2.24, 2.45) is 17.8 Å². The van der Waals surface area contributed by atoms with Gasteiger partial charge in [0, 0.05) is 5.56 Å². The maximum atomic E-state index is 6.11. The standard InChI is InChI=1S/C15H24O2/c1-11(2)14-5-4-12(3)8-15(14)17-10-13-6-7-16-9-13/h6-7,9,11-12,14-15H,4-5,8,10H2,1-3H3. The summed E-state index contributed by atoms with van der Waals surface area (Å²) in [6, 6.07) is 1.98. The normalized spacial score (nSPS) is 29.8. The van der Waals surface area contributed by atoms with Crippen molar-refractivity contribution < 1.29 is 9.15 Å². The van der Waals surface area contributed by atoms with Gasteiger partial charge in [-0.25, -0.2) is 0 Å².